The molecule has 0 aliphatic carbocycles. The Balaban J connectivity index is 2.12. The molecule has 1 unspecified atom stereocenters. The SMILES string of the molecule is CC(C(=O)Nc1ccccc1)c1ccc(Cl)c(Cl)c1. The molecule has 0 radical (unpaired) electrons. The highest BCUT2D eigenvalue weighted by atomic mass is 35.5. The zero-order valence-corrected chi connectivity index (χ0v) is 11.9. The van der Waals surface area contributed by atoms with Crippen LogP contribution in [0.4, 0.5) is 5.69 Å². The van der Waals surface area contributed by atoms with E-state index in [1.54, 1.807) is 12.1 Å². The van der Waals surface area contributed by atoms with Crippen LogP contribution in [0.3, 0.4) is 0 Å². The van der Waals surface area contributed by atoms with Crippen molar-refractivity contribution in [3.8, 4) is 0 Å². The van der Waals surface area contributed by atoms with Crippen LogP contribution in [0.5, 0.6) is 0 Å². The van der Waals surface area contributed by atoms with Crippen molar-refractivity contribution < 1.29 is 4.79 Å². The number of para-hydroxylation sites is 1. The molecule has 0 aliphatic heterocycles. The van der Waals surface area contributed by atoms with Crippen LogP contribution in [0.1, 0.15) is 18.4 Å². The number of carbonyl (C=O) groups excluding carboxylic acids is 1. The normalized spacial score (nSPS) is 11.9. The molecule has 0 aromatic heterocycles. The lowest BCUT2D eigenvalue weighted by Gasteiger charge is -2.13. The molecule has 1 N–H and O–H groups in total. The van der Waals surface area contributed by atoms with Gasteiger partial charge in [-0.15, -0.1) is 0 Å². The second-order valence-corrected chi connectivity index (χ2v) is 5.06. The molecule has 0 bridgehead atoms. The summed E-state index contributed by atoms with van der Waals surface area (Å²) in [7, 11) is 0. The van der Waals surface area contributed by atoms with Gasteiger partial charge in [-0.3, -0.25) is 4.79 Å². The average molecular weight is 294 g/mol. The predicted molar refractivity (Wildman–Crippen MR) is 79.9 cm³/mol. The van der Waals surface area contributed by atoms with E-state index in [9.17, 15) is 4.79 Å². The van der Waals surface area contributed by atoms with E-state index >= 15 is 0 Å². The molecule has 98 valence electrons. The molecular formula is C15H13Cl2NO. The fourth-order valence-corrected chi connectivity index (χ4v) is 2.01. The summed E-state index contributed by atoms with van der Waals surface area (Å²) < 4.78 is 0. The maximum Gasteiger partial charge on any atom is 0.231 e. The molecule has 2 aromatic carbocycles. The first-order chi connectivity index (χ1) is 9.08. The van der Waals surface area contributed by atoms with Crippen molar-refractivity contribution in [2.45, 2.75) is 12.8 Å². The van der Waals surface area contributed by atoms with Crippen LogP contribution in [0, 0.1) is 0 Å². The molecule has 4 heteroatoms. The number of benzene rings is 2. The Morgan fingerprint density at radius 1 is 1.05 bits per heavy atom. The summed E-state index contributed by atoms with van der Waals surface area (Å²) in [5, 5.41) is 3.80. The van der Waals surface area contributed by atoms with Crippen LogP contribution in [0.15, 0.2) is 48.5 Å². The van der Waals surface area contributed by atoms with Gasteiger partial charge in [-0.25, -0.2) is 0 Å². The second-order valence-electron chi connectivity index (χ2n) is 4.25. The molecule has 19 heavy (non-hydrogen) atoms. The largest absolute Gasteiger partial charge is 0.326 e. The van der Waals surface area contributed by atoms with Crippen LogP contribution in [0.2, 0.25) is 10.0 Å². The number of carbonyl (C=O) groups is 1. The predicted octanol–water partition coefficient (Wildman–Crippen LogP) is 4.74. The molecule has 0 spiro atoms. The van der Waals surface area contributed by atoms with Crippen LogP contribution in [-0.2, 0) is 4.79 Å². The maximum atomic E-state index is 12.1. The van der Waals surface area contributed by atoms with Crippen LogP contribution in [-0.4, -0.2) is 5.91 Å². The zero-order chi connectivity index (χ0) is 13.8. The second kappa shape index (κ2) is 6.09. The Morgan fingerprint density at radius 2 is 1.74 bits per heavy atom. The Kier molecular flexibility index (Phi) is 4.46. The van der Waals surface area contributed by atoms with Crippen molar-refractivity contribution in [3.05, 3.63) is 64.1 Å². The Hall–Kier alpha value is -1.51. The maximum absolute atomic E-state index is 12.1. The van der Waals surface area contributed by atoms with Gasteiger partial charge in [-0.1, -0.05) is 47.5 Å². The van der Waals surface area contributed by atoms with Gasteiger partial charge >= 0.3 is 0 Å². The average Bonchev–Trinajstić information content (AvgIpc) is 2.42. The highest BCUT2D eigenvalue weighted by Crippen LogP contribution is 2.27. The number of rotatable bonds is 3. The minimum Gasteiger partial charge on any atom is -0.326 e. The number of hydrogen-bond acceptors (Lipinski definition) is 1. The first-order valence-electron chi connectivity index (χ1n) is 5.89. The summed E-state index contributed by atoms with van der Waals surface area (Å²) in [4.78, 5) is 12.1. The van der Waals surface area contributed by atoms with Crippen molar-refractivity contribution in [2.24, 2.45) is 0 Å². The van der Waals surface area contributed by atoms with Gasteiger partial charge in [0, 0.05) is 5.69 Å². The van der Waals surface area contributed by atoms with Gasteiger partial charge in [0.05, 0.1) is 16.0 Å². The van der Waals surface area contributed by atoms with Gasteiger partial charge in [-0.05, 0) is 36.8 Å². The third-order valence-corrected chi connectivity index (χ3v) is 3.62. The Labute approximate surface area is 122 Å². The molecule has 0 saturated carbocycles. The van der Waals surface area contributed by atoms with Crippen molar-refractivity contribution in [1.82, 2.24) is 0 Å². The number of hydrogen-bond donors (Lipinski definition) is 1. The van der Waals surface area contributed by atoms with E-state index in [-0.39, 0.29) is 11.8 Å². The van der Waals surface area contributed by atoms with E-state index in [1.807, 2.05) is 43.3 Å². The highest BCUT2D eigenvalue weighted by molar-refractivity contribution is 6.42. The van der Waals surface area contributed by atoms with Crippen LogP contribution < -0.4 is 5.32 Å². The molecule has 0 fully saturated rings. The van der Waals surface area contributed by atoms with Gasteiger partial charge in [0.2, 0.25) is 5.91 Å². The summed E-state index contributed by atoms with van der Waals surface area (Å²) >= 11 is 11.8. The van der Waals surface area contributed by atoms with Gasteiger partial charge < -0.3 is 5.32 Å². The van der Waals surface area contributed by atoms with E-state index in [0.717, 1.165) is 11.3 Å². The summed E-state index contributed by atoms with van der Waals surface area (Å²) in [6.07, 6.45) is 0. The molecule has 2 aromatic rings. The topological polar surface area (TPSA) is 29.1 Å². The minimum atomic E-state index is -0.296. The molecule has 0 saturated heterocycles. The molecule has 1 amide bonds. The van der Waals surface area contributed by atoms with Crippen molar-refractivity contribution in [1.29, 1.82) is 0 Å². The van der Waals surface area contributed by atoms with E-state index in [4.69, 9.17) is 23.2 Å². The first kappa shape index (κ1) is 13.9. The standard InChI is InChI=1S/C15H13Cl2NO/c1-10(11-7-8-13(16)14(17)9-11)15(19)18-12-5-3-2-4-6-12/h2-10H,1H3,(H,18,19). The van der Waals surface area contributed by atoms with E-state index in [1.165, 1.54) is 0 Å². The lowest BCUT2D eigenvalue weighted by molar-refractivity contribution is -0.117. The Bertz CT molecular complexity index is 584. The third-order valence-electron chi connectivity index (χ3n) is 2.88. The van der Waals surface area contributed by atoms with E-state index in [0.29, 0.717) is 10.0 Å². The molecule has 0 aliphatic rings. The third kappa shape index (κ3) is 3.49. The van der Waals surface area contributed by atoms with E-state index in [2.05, 4.69) is 5.32 Å². The molecular weight excluding hydrogens is 281 g/mol. The van der Waals surface area contributed by atoms with Crippen LogP contribution in [0.25, 0.3) is 0 Å². The van der Waals surface area contributed by atoms with Crippen molar-refractivity contribution >= 4 is 34.8 Å². The monoisotopic (exact) mass is 293 g/mol. The van der Waals surface area contributed by atoms with Crippen LogP contribution >= 0.6 is 23.2 Å². The zero-order valence-electron chi connectivity index (χ0n) is 10.4. The van der Waals surface area contributed by atoms with Gasteiger partial charge in [0.15, 0.2) is 0 Å². The van der Waals surface area contributed by atoms with Gasteiger partial charge in [-0.2, -0.15) is 0 Å². The number of halogens is 2. The number of nitrogens with one attached hydrogen (secondary N) is 1. The lowest BCUT2D eigenvalue weighted by Crippen LogP contribution is -2.18. The quantitative estimate of drug-likeness (QED) is 0.870. The molecule has 1 atom stereocenters. The summed E-state index contributed by atoms with van der Waals surface area (Å²) in [6.45, 7) is 1.83. The molecule has 2 rings (SSSR count). The highest BCUT2D eigenvalue weighted by Gasteiger charge is 2.16. The van der Waals surface area contributed by atoms with Gasteiger partial charge in [0.25, 0.3) is 0 Å². The minimum absolute atomic E-state index is 0.0791. The fourth-order valence-electron chi connectivity index (χ4n) is 1.71. The fraction of sp³-hybridized carbons (Fsp3) is 0.133. The van der Waals surface area contributed by atoms with E-state index < -0.39 is 0 Å². The van der Waals surface area contributed by atoms with Crippen molar-refractivity contribution in [2.75, 3.05) is 5.32 Å². The molecule has 2 nitrogen and oxygen atoms in total. The summed E-state index contributed by atoms with van der Waals surface area (Å²) in [6, 6.07) is 14.6. The summed E-state index contributed by atoms with van der Waals surface area (Å²) in [5.41, 5.74) is 1.61. The summed E-state index contributed by atoms with van der Waals surface area (Å²) in [5.74, 6) is -0.375. The smallest absolute Gasteiger partial charge is 0.231 e. The lowest BCUT2D eigenvalue weighted by atomic mass is 10.0. The number of amides is 1. The first-order valence-corrected chi connectivity index (χ1v) is 6.64. The Morgan fingerprint density at radius 3 is 2.37 bits per heavy atom. The van der Waals surface area contributed by atoms with Crippen molar-refractivity contribution in [3.63, 3.8) is 0 Å². The number of anilines is 1. The molecule has 0 heterocycles. The van der Waals surface area contributed by atoms with Gasteiger partial charge in [0.1, 0.15) is 0 Å².